The van der Waals surface area contributed by atoms with Crippen LogP contribution in [-0.2, 0) is 24.1 Å². The lowest BCUT2D eigenvalue weighted by molar-refractivity contribution is -0.140. The molecule has 0 aliphatic carbocycles. The smallest absolute Gasteiger partial charge is 0.397 e. The molecule has 9 nitrogen and oxygen atoms in total. The summed E-state index contributed by atoms with van der Waals surface area (Å²) in [5.74, 6) is -1.02. The van der Waals surface area contributed by atoms with E-state index in [0.717, 1.165) is 13.2 Å². The van der Waals surface area contributed by atoms with E-state index in [1.54, 1.807) is 21.1 Å². The highest BCUT2D eigenvalue weighted by Crippen LogP contribution is 1.94. The molecule has 0 fully saturated rings. The number of esters is 1. The summed E-state index contributed by atoms with van der Waals surface area (Å²) in [6.45, 7) is 3.48. The van der Waals surface area contributed by atoms with Crippen molar-refractivity contribution in [3.05, 3.63) is 12.7 Å². The first-order chi connectivity index (χ1) is 8.70. The highest BCUT2D eigenvalue weighted by Gasteiger charge is 2.24. The van der Waals surface area contributed by atoms with Gasteiger partial charge in [-0.2, -0.15) is 8.42 Å². The zero-order valence-corrected chi connectivity index (χ0v) is 12.2. The van der Waals surface area contributed by atoms with Gasteiger partial charge in [0.1, 0.15) is 6.61 Å². The highest BCUT2D eigenvalue weighted by atomic mass is 32.3. The molecule has 0 aromatic carbocycles. The van der Waals surface area contributed by atoms with Gasteiger partial charge >= 0.3 is 16.4 Å². The SMILES string of the molecule is C=CC(=O)OCC(NC)(NC)NC.COS(=O)(=O)O. The second-order valence-corrected chi connectivity index (χ2v) is 4.25. The maximum Gasteiger partial charge on any atom is 0.397 e. The minimum absolute atomic E-state index is 0.182. The van der Waals surface area contributed by atoms with Gasteiger partial charge in [-0.25, -0.2) is 4.79 Å². The van der Waals surface area contributed by atoms with Crippen LogP contribution < -0.4 is 16.0 Å². The molecule has 0 radical (unpaired) electrons. The predicted molar refractivity (Wildman–Crippen MR) is 69.6 cm³/mol. The van der Waals surface area contributed by atoms with Crippen molar-refractivity contribution < 1.29 is 26.7 Å². The summed E-state index contributed by atoms with van der Waals surface area (Å²) in [6.07, 6.45) is 1.13. The van der Waals surface area contributed by atoms with Gasteiger partial charge in [0.2, 0.25) is 0 Å². The Balaban J connectivity index is 0. The first-order valence-electron chi connectivity index (χ1n) is 5.09. The Morgan fingerprint density at radius 3 is 1.89 bits per heavy atom. The van der Waals surface area contributed by atoms with E-state index in [1.807, 2.05) is 0 Å². The van der Waals surface area contributed by atoms with E-state index in [1.165, 1.54) is 0 Å². The molecule has 0 aliphatic heterocycles. The van der Waals surface area contributed by atoms with Crippen molar-refractivity contribution in [1.29, 1.82) is 0 Å². The Labute approximate surface area is 113 Å². The monoisotopic (exact) mass is 299 g/mol. The first kappa shape index (κ1) is 20.3. The summed E-state index contributed by atoms with van der Waals surface area (Å²) in [6, 6.07) is 0. The molecular weight excluding hydrogens is 278 g/mol. The maximum atomic E-state index is 10.8. The highest BCUT2D eigenvalue weighted by molar-refractivity contribution is 7.80. The Morgan fingerprint density at radius 1 is 1.32 bits per heavy atom. The molecule has 10 heteroatoms. The van der Waals surface area contributed by atoms with Crippen LogP contribution in [0.25, 0.3) is 0 Å². The molecule has 0 heterocycles. The Hall–Kier alpha value is -1.04. The Kier molecular flexibility index (Phi) is 10.5. The lowest BCUT2D eigenvalue weighted by atomic mass is 10.3. The second kappa shape index (κ2) is 9.83. The molecule has 0 saturated carbocycles. The van der Waals surface area contributed by atoms with Gasteiger partial charge in [0.05, 0.1) is 7.11 Å². The van der Waals surface area contributed by atoms with Crippen LogP contribution in [0.1, 0.15) is 0 Å². The number of hydrogen-bond donors (Lipinski definition) is 4. The van der Waals surface area contributed by atoms with Gasteiger partial charge in [-0.15, -0.1) is 0 Å². The van der Waals surface area contributed by atoms with Crippen LogP contribution in [0.3, 0.4) is 0 Å². The van der Waals surface area contributed by atoms with Gasteiger partial charge in [0.15, 0.2) is 5.79 Å². The number of rotatable bonds is 7. The molecule has 0 amide bonds. The standard InChI is InChI=1S/C8H17N3O2.CH4O4S/c1-5-7(12)13-6-8(9-2,10-3)11-4;1-5-6(2,3)4/h5,9-11H,1,6H2,2-4H3;1H3,(H,2,3,4). The third kappa shape index (κ3) is 10.6. The zero-order valence-electron chi connectivity index (χ0n) is 11.4. The first-order valence-corrected chi connectivity index (χ1v) is 6.45. The average molecular weight is 299 g/mol. The number of carbonyl (C=O) groups is 1. The van der Waals surface area contributed by atoms with Crippen LogP contribution in [0, 0.1) is 0 Å². The van der Waals surface area contributed by atoms with Crippen molar-refractivity contribution in [3.8, 4) is 0 Å². The third-order valence-corrected chi connectivity index (χ3v) is 2.51. The summed E-state index contributed by atoms with van der Waals surface area (Å²) in [5.41, 5.74) is 0. The quantitative estimate of drug-likeness (QED) is 0.191. The molecular formula is C9H21N3O6S. The van der Waals surface area contributed by atoms with Crippen molar-refractivity contribution >= 4 is 16.4 Å². The van der Waals surface area contributed by atoms with Crippen LogP contribution in [0.2, 0.25) is 0 Å². The fourth-order valence-corrected chi connectivity index (χ4v) is 0.830. The van der Waals surface area contributed by atoms with Gasteiger partial charge in [0, 0.05) is 6.08 Å². The molecule has 19 heavy (non-hydrogen) atoms. The molecule has 114 valence electrons. The van der Waals surface area contributed by atoms with E-state index in [4.69, 9.17) is 9.29 Å². The minimum atomic E-state index is -4.16. The third-order valence-electron chi connectivity index (χ3n) is 2.09. The molecule has 0 unspecified atom stereocenters. The van der Waals surface area contributed by atoms with Crippen molar-refractivity contribution in [2.75, 3.05) is 34.9 Å². The van der Waals surface area contributed by atoms with Gasteiger partial charge in [-0.3, -0.25) is 24.7 Å². The van der Waals surface area contributed by atoms with Crippen molar-refractivity contribution in [2.45, 2.75) is 5.79 Å². The lowest BCUT2D eigenvalue weighted by Gasteiger charge is -2.31. The van der Waals surface area contributed by atoms with Crippen LogP contribution in [-0.4, -0.2) is 59.6 Å². The second-order valence-electron chi connectivity index (χ2n) is 3.06. The summed E-state index contributed by atoms with van der Waals surface area (Å²) < 4.78 is 34.6. The molecule has 0 aliphatic rings. The van der Waals surface area contributed by atoms with E-state index in [-0.39, 0.29) is 6.61 Å². The van der Waals surface area contributed by atoms with Gasteiger partial charge < -0.3 is 4.74 Å². The number of ether oxygens (including phenoxy) is 1. The van der Waals surface area contributed by atoms with E-state index in [2.05, 4.69) is 26.7 Å². The topological polar surface area (TPSA) is 126 Å². The Morgan fingerprint density at radius 2 is 1.68 bits per heavy atom. The van der Waals surface area contributed by atoms with Crippen LogP contribution in [0.15, 0.2) is 12.7 Å². The van der Waals surface area contributed by atoms with E-state index < -0.39 is 22.2 Å². The summed E-state index contributed by atoms with van der Waals surface area (Å²) in [4.78, 5) is 10.8. The van der Waals surface area contributed by atoms with E-state index in [9.17, 15) is 13.2 Å². The van der Waals surface area contributed by atoms with Crippen molar-refractivity contribution in [2.24, 2.45) is 0 Å². The fraction of sp³-hybridized carbons (Fsp3) is 0.667. The number of carbonyl (C=O) groups excluding carboxylic acids is 1. The van der Waals surface area contributed by atoms with Gasteiger partial charge in [0.25, 0.3) is 0 Å². The van der Waals surface area contributed by atoms with Crippen molar-refractivity contribution in [1.82, 2.24) is 16.0 Å². The molecule has 4 N–H and O–H groups in total. The summed E-state index contributed by atoms with van der Waals surface area (Å²) in [7, 11) is 1.98. The summed E-state index contributed by atoms with van der Waals surface area (Å²) >= 11 is 0. The van der Waals surface area contributed by atoms with Crippen molar-refractivity contribution in [3.63, 3.8) is 0 Å². The molecule has 0 bridgehead atoms. The van der Waals surface area contributed by atoms with Crippen LogP contribution >= 0.6 is 0 Å². The van der Waals surface area contributed by atoms with Gasteiger partial charge in [-0.05, 0) is 21.1 Å². The fourth-order valence-electron chi connectivity index (χ4n) is 0.830. The molecule has 0 spiro atoms. The molecule has 0 aromatic rings. The zero-order chi connectivity index (χ0) is 15.5. The number of hydrogen-bond acceptors (Lipinski definition) is 8. The van der Waals surface area contributed by atoms with E-state index >= 15 is 0 Å². The number of nitrogens with one attached hydrogen (secondary N) is 3. The Bertz CT molecular complexity index is 358. The minimum Gasteiger partial charge on any atom is -0.458 e. The average Bonchev–Trinajstić information content (AvgIpc) is 2.40. The summed E-state index contributed by atoms with van der Waals surface area (Å²) in [5, 5.41) is 8.88. The normalized spacial score (nSPS) is 11.2. The van der Waals surface area contributed by atoms with Crippen LogP contribution in [0.5, 0.6) is 0 Å². The molecule has 0 saturated heterocycles. The molecule has 0 atom stereocenters. The predicted octanol–water partition coefficient (Wildman–Crippen LogP) is -1.54. The maximum absolute atomic E-state index is 10.8. The molecule has 0 aromatic heterocycles. The largest absolute Gasteiger partial charge is 0.458 e. The van der Waals surface area contributed by atoms with Gasteiger partial charge in [-0.1, -0.05) is 6.58 Å². The number of likely N-dealkylation sites (N-methyl/N-ethyl adjacent to an activating group) is 3. The lowest BCUT2D eigenvalue weighted by Crippen LogP contribution is -2.66. The van der Waals surface area contributed by atoms with Crippen LogP contribution in [0.4, 0.5) is 0 Å². The molecule has 0 rings (SSSR count). The van der Waals surface area contributed by atoms with E-state index in [0.29, 0.717) is 0 Å².